The molecule has 4 heteroatoms. The molecule has 1 saturated carbocycles. The lowest BCUT2D eigenvalue weighted by Crippen LogP contribution is -2.32. The molecular weight excluding hydrogens is 279 g/mol. The number of rotatable bonds is 2. The van der Waals surface area contributed by atoms with Gasteiger partial charge in [-0.2, -0.15) is 0 Å². The Morgan fingerprint density at radius 2 is 1.95 bits per heavy atom. The fourth-order valence-corrected chi connectivity index (χ4v) is 3.34. The lowest BCUT2D eigenvalue weighted by molar-refractivity contribution is -0.117. The third-order valence-electron chi connectivity index (χ3n) is 4.51. The third kappa shape index (κ3) is 2.50. The SMILES string of the molecule is O=C1CN(C2C[C@H]2c2cccc(F)c2)Cc2ccccc2N1. The summed E-state index contributed by atoms with van der Waals surface area (Å²) in [4.78, 5) is 14.3. The Hall–Kier alpha value is -2.20. The largest absolute Gasteiger partial charge is 0.325 e. The molecule has 1 aliphatic heterocycles. The van der Waals surface area contributed by atoms with Gasteiger partial charge in [0.05, 0.1) is 6.54 Å². The zero-order chi connectivity index (χ0) is 15.1. The van der Waals surface area contributed by atoms with E-state index >= 15 is 0 Å². The van der Waals surface area contributed by atoms with Crippen molar-refractivity contribution in [3.05, 3.63) is 65.5 Å². The summed E-state index contributed by atoms with van der Waals surface area (Å²) in [6.07, 6.45) is 0.985. The van der Waals surface area contributed by atoms with Crippen LogP contribution in [0.1, 0.15) is 23.5 Å². The van der Waals surface area contributed by atoms with Crippen LogP contribution in [0.3, 0.4) is 0 Å². The molecule has 0 aromatic heterocycles. The van der Waals surface area contributed by atoms with Crippen LogP contribution in [0.2, 0.25) is 0 Å². The summed E-state index contributed by atoms with van der Waals surface area (Å²) in [7, 11) is 0. The van der Waals surface area contributed by atoms with E-state index in [-0.39, 0.29) is 11.7 Å². The zero-order valence-electron chi connectivity index (χ0n) is 12.1. The van der Waals surface area contributed by atoms with Crippen LogP contribution in [-0.2, 0) is 11.3 Å². The molecular formula is C18H17FN2O. The molecule has 1 amide bonds. The summed E-state index contributed by atoms with van der Waals surface area (Å²) in [5, 5.41) is 2.96. The first-order chi connectivity index (χ1) is 10.7. The Morgan fingerprint density at radius 1 is 1.09 bits per heavy atom. The minimum absolute atomic E-state index is 0.0230. The van der Waals surface area contributed by atoms with Crippen molar-refractivity contribution in [2.24, 2.45) is 0 Å². The van der Waals surface area contributed by atoms with Gasteiger partial charge in [-0.25, -0.2) is 4.39 Å². The molecule has 1 N–H and O–H groups in total. The Balaban J connectivity index is 1.56. The van der Waals surface area contributed by atoms with Gasteiger partial charge in [0.2, 0.25) is 5.91 Å². The van der Waals surface area contributed by atoms with Crippen molar-refractivity contribution < 1.29 is 9.18 Å². The number of hydrogen-bond donors (Lipinski definition) is 1. The van der Waals surface area contributed by atoms with Crippen molar-refractivity contribution in [1.82, 2.24) is 4.90 Å². The van der Waals surface area contributed by atoms with Gasteiger partial charge in [0.15, 0.2) is 0 Å². The van der Waals surface area contributed by atoms with Gasteiger partial charge >= 0.3 is 0 Å². The van der Waals surface area contributed by atoms with Gasteiger partial charge in [-0.1, -0.05) is 30.3 Å². The van der Waals surface area contributed by atoms with Crippen LogP contribution in [0.15, 0.2) is 48.5 Å². The van der Waals surface area contributed by atoms with Crippen molar-refractivity contribution >= 4 is 11.6 Å². The predicted molar refractivity (Wildman–Crippen MR) is 83.0 cm³/mol. The molecule has 4 rings (SSSR count). The van der Waals surface area contributed by atoms with Crippen LogP contribution in [0.4, 0.5) is 10.1 Å². The Labute approximate surface area is 128 Å². The van der Waals surface area contributed by atoms with E-state index in [1.54, 1.807) is 12.1 Å². The summed E-state index contributed by atoms with van der Waals surface area (Å²) in [5.74, 6) is 0.158. The minimum Gasteiger partial charge on any atom is -0.325 e. The fraction of sp³-hybridized carbons (Fsp3) is 0.278. The second-order valence-electron chi connectivity index (χ2n) is 6.07. The van der Waals surface area contributed by atoms with Gasteiger partial charge in [0.1, 0.15) is 5.82 Å². The van der Waals surface area contributed by atoms with Gasteiger partial charge < -0.3 is 5.32 Å². The number of carbonyl (C=O) groups excluding carboxylic acids is 1. The highest BCUT2D eigenvalue weighted by Crippen LogP contribution is 2.45. The topological polar surface area (TPSA) is 32.3 Å². The van der Waals surface area contributed by atoms with E-state index in [2.05, 4.69) is 10.2 Å². The normalized spacial score (nSPS) is 24.3. The van der Waals surface area contributed by atoms with Crippen molar-refractivity contribution in [3.63, 3.8) is 0 Å². The highest BCUT2D eigenvalue weighted by molar-refractivity contribution is 5.93. The number of fused-ring (bicyclic) bond motifs is 1. The van der Waals surface area contributed by atoms with Crippen LogP contribution >= 0.6 is 0 Å². The van der Waals surface area contributed by atoms with E-state index in [0.29, 0.717) is 18.5 Å². The summed E-state index contributed by atoms with van der Waals surface area (Å²) in [6.45, 7) is 1.15. The number of amides is 1. The third-order valence-corrected chi connectivity index (χ3v) is 4.51. The Kier molecular flexibility index (Phi) is 3.19. The maximum atomic E-state index is 13.4. The van der Waals surface area contributed by atoms with Crippen molar-refractivity contribution in [2.45, 2.75) is 24.9 Å². The first-order valence-corrected chi connectivity index (χ1v) is 7.58. The van der Waals surface area contributed by atoms with Crippen LogP contribution in [0.25, 0.3) is 0 Å². The lowest BCUT2D eigenvalue weighted by atomic mass is 10.1. The maximum absolute atomic E-state index is 13.4. The van der Waals surface area contributed by atoms with E-state index < -0.39 is 0 Å². The van der Waals surface area contributed by atoms with Gasteiger partial charge in [-0.3, -0.25) is 9.69 Å². The molecule has 0 saturated heterocycles. The number of carbonyl (C=O) groups is 1. The molecule has 0 bridgehead atoms. The number of nitrogens with one attached hydrogen (secondary N) is 1. The lowest BCUT2D eigenvalue weighted by Gasteiger charge is -2.19. The van der Waals surface area contributed by atoms with Gasteiger partial charge in [0.25, 0.3) is 0 Å². The van der Waals surface area contributed by atoms with Crippen molar-refractivity contribution in [3.8, 4) is 0 Å². The fourth-order valence-electron chi connectivity index (χ4n) is 3.34. The van der Waals surface area contributed by atoms with Gasteiger partial charge in [-0.05, 0) is 35.7 Å². The average molecular weight is 296 g/mol. The molecule has 112 valence electrons. The molecule has 22 heavy (non-hydrogen) atoms. The van der Waals surface area contributed by atoms with E-state index in [1.807, 2.05) is 30.3 Å². The summed E-state index contributed by atoms with van der Waals surface area (Å²) < 4.78 is 13.4. The van der Waals surface area contributed by atoms with E-state index in [0.717, 1.165) is 29.8 Å². The average Bonchev–Trinajstić information content (AvgIpc) is 3.29. The van der Waals surface area contributed by atoms with Gasteiger partial charge in [-0.15, -0.1) is 0 Å². The summed E-state index contributed by atoms with van der Waals surface area (Å²) in [5.41, 5.74) is 3.07. The Morgan fingerprint density at radius 3 is 2.82 bits per heavy atom. The highest BCUT2D eigenvalue weighted by Gasteiger charge is 2.44. The molecule has 3 nitrogen and oxygen atoms in total. The monoisotopic (exact) mass is 296 g/mol. The first kappa shape index (κ1) is 13.5. The maximum Gasteiger partial charge on any atom is 0.238 e. The van der Waals surface area contributed by atoms with Crippen molar-refractivity contribution in [2.75, 3.05) is 11.9 Å². The number of para-hydroxylation sites is 1. The molecule has 2 aliphatic rings. The van der Waals surface area contributed by atoms with Crippen LogP contribution < -0.4 is 5.32 Å². The number of anilines is 1. The summed E-state index contributed by atoms with van der Waals surface area (Å²) in [6, 6.07) is 15.0. The van der Waals surface area contributed by atoms with E-state index in [1.165, 1.54) is 6.07 Å². The number of halogens is 1. The molecule has 1 unspecified atom stereocenters. The second kappa shape index (κ2) is 5.21. The highest BCUT2D eigenvalue weighted by atomic mass is 19.1. The molecule has 1 aliphatic carbocycles. The molecule has 2 aromatic carbocycles. The van der Waals surface area contributed by atoms with E-state index in [9.17, 15) is 9.18 Å². The number of hydrogen-bond acceptors (Lipinski definition) is 2. The van der Waals surface area contributed by atoms with Crippen LogP contribution in [-0.4, -0.2) is 23.4 Å². The number of benzene rings is 2. The quantitative estimate of drug-likeness (QED) is 0.923. The van der Waals surface area contributed by atoms with Crippen molar-refractivity contribution in [1.29, 1.82) is 0 Å². The molecule has 1 fully saturated rings. The summed E-state index contributed by atoms with van der Waals surface area (Å²) >= 11 is 0. The van der Waals surface area contributed by atoms with Crippen LogP contribution in [0, 0.1) is 5.82 Å². The zero-order valence-corrected chi connectivity index (χ0v) is 12.1. The van der Waals surface area contributed by atoms with E-state index in [4.69, 9.17) is 0 Å². The number of nitrogens with zero attached hydrogens (tertiary/aromatic N) is 1. The smallest absolute Gasteiger partial charge is 0.238 e. The molecule has 0 spiro atoms. The molecule has 1 heterocycles. The van der Waals surface area contributed by atoms with Crippen LogP contribution in [0.5, 0.6) is 0 Å². The standard InChI is InChI=1S/C18H17FN2O/c19-14-6-3-5-12(8-14)15-9-17(15)21-10-13-4-1-2-7-16(13)20-18(22)11-21/h1-8,15,17H,9-11H2,(H,20,22)/t15-,17?/m0/s1. The first-order valence-electron chi connectivity index (χ1n) is 7.58. The Bertz CT molecular complexity index is 731. The van der Waals surface area contributed by atoms with Gasteiger partial charge in [0, 0.05) is 24.2 Å². The molecule has 0 radical (unpaired) electrons. The molecule has 2 aromatic rings. The predicted octanol–water partition coefficient (Wildman–Crippen LogP) is 3.14. The minimum atomic E-state index is -0.192. The second-order valence-corrected chi connectivity index (χ2v) is 6.07. The molecule has 2 atom stereocenters.